The molecule has 304 valence electrons. The fourth-order valence-electron chi connectivity index (χ4n) is 9.01. The molecule has 0 saturated carbocycles. The zero-order valence-electron chi connectivity index (χ0n) is 35.3. The average molecular weight is 830 g/mol. The first-order chi connectivity index (χ1) is 32.2. The summed E-state index contributed by atoms with van der Waals surface area (Å²) in [6, 6.07) is 82.6. The lowest BCUT2D eigenvalue weighted by atomic mass is 9.96. The van der Waals surface area contributed by atoms with Crippen LogP contribution in [0.1, 0.15) is 0 Å². The molecule has 4 nitrogen and oxygen atoms in total. The number of rotatable bonds is 8. The summed E-state index contributed by atoms with van der Waals surface area (Å²) in [6.45, 7) is 0. The third kappa shape index (κ3) is 7.13. The van der Waals surface area contributed by atoms with Gasteiger partial charge in [-0.1, -0.05) is 218 Å². The molecule has 0 unspecified atom stereocenters. The summed E-state index contributed by atoms with van der Waals surface area (Å²) in [4.78, 5) is 15.8. The molecule has 0 aliphatic carbocycles. The van der Waals surface area contributed by atoms with Crippen LogP contribution in [0.2, 0.25) is 0 Å². The molecular weight excluding hydrogens is 791 g/mol. The van der Waals surface area contributed by atoms with Crippen molar-refractivity contribution in [2.45, 2.75) is 0 Å². The average Bonchev–Trinajstić information content (AvgIpc) is 3.79. The highest BCUT2D eigenvalue weighted by Gasteiger charge is 2.20. The first-order valence-electron chi connectivity index (χ1n) is 21.9. The molecule has 3 aromatic heterocycles. The number of nitrogens with zero attached hydrogens (tertiary/aromatic N) is 3. The van der Waals surface area contributed by atoms with Crippen LogP contribution in [-0.2, 0) is 0 Å². The van der Waals surface area contributed by atoms with Crippen molar-refractivity contribution in [3.05, 3.63) is 237 Å². The molecular formula is C61H39N3O. The van der Waals surface area contributed by atoms with Gasteiger partial charge in [-0.25, -0.2) is 15.0 Å². The summed E-state index contributed by atoms with van der Waals surface area (Å²) in [5.41, 5.74) is 18.1. The summed E-state index contributed by atoms with van der Waals surface area (Å²) >= 11 is 0. The van der Waals surface area contributed by atoms with Crippen molar-refractivity contribution in [2.75, 3.05) is 0 Å². The molecule has 65 heavy (non-hydrogen) atoms. The highest BCUT2D eigenvalue weighted by atomic mass is 16.3. The van der Waals surface area contributed by atoms with Gasteiger partial charge in [0.15, 0.2) is 11.4 Å². The molecule has 0 fully saturated rings. The quantitative estimate of drug-likeness (QED) is 0.153. The predicted octanol–water partition coefficient (Wildman–Crippen LogP) is 16.3. The van der Waals surface area contributed by atoms with E-state index < -0.39 is 0 Å². The second-order valence-electron chi connectivity index (χ2n) is 16.3. The zero-order valence-corrected chi connectivity index (χ0v) is 35.3. The van der Waals surface area contributed by atoms with E-state index in [-0.39, 0.29) is 0 Å². The zero-order chi connectivity index (χ0) is 43.1. The molecule has 12 rings (SSSR count). The molecule has 0 N–H and O–H groups in total. The Kier molecular flexibility index (Phi) is 9.46. The molecule has 4 heteroatoms. The normalized spacial score (nSPS) is 11.4. The number of hydrogen-bond acceptors (Lipinski definition) is 4. The standard InChI is InChI=1S/C61H39N3O/c1-4-14-40(15-5-1)42-26-32-46(33-27-42)54-39-55(47-34-28-43(29-35-47)41-16-6-2-7-17-41)63-61(62-54)48-36-30-44(31-37-48)49-20-12-21-50(38-49)58-60-57(52-22-10-11-25-56(52)65-60)53-24-13-23-51(59(53)64-58)45-18-8-3-9-19-45/h1-39H. The minimum absolute atomic E-state index is 0.666. The van der Waals surface area contributed by atoms with Crippen molar-refractivity contribution in [1.82, 2.24) is 15.0 Å². The Morgan fingerprint density at radius 3 is 1.35 bits per heavy atom. The molecule has 0 saturated heterocycles. The third-order valence-electron chi connectivity index (χ3n) is 12.3. The first kappa shape index (κ1) is 38.0. The number of para-hydroxylation sites is 2. The second-order valence-corrected chi connectivity index (χ2v) is 16.3. The highest BCUT2D eigenvalue weighted by molar-refractivity contribution is 6.22. The Balaban J connectivity index is 0.933. The van der Waals surface area contributed by atoms with E-state index >= 15 is 0 Å². The summed E-state index contributed by atoms with van der Waals surface area (Å²) in [6.07, 6.45) is 0. The molecule has 0 atom stereocenters. The molecule has 0 amide bonds. The Morgan fingerprint density at radius 1 is 0.292 bits per heavy atom. The lowest BCUT2D eigenvalue weighted by Crippen LogP contribution is -1.96. The maximum atomic E-state index is 6.66. The summed E-state index contributed by atoms with van der Waals surface area (Å²) in [5.74, 6) is 0.666. The fourth-order valence-corrected chi connectivity index (χ4v) is 9.01. The molecule has 0 radical (unpaired) electrons. The van der Waals surface area contributed by atoms with Gasteiger partial charge in [-0.15, -0.1) is 0 Å². The molecule has 0 aliphatic rings. The first-order valence-corrected chi connectivity index (χ1v) is 21.9. The third-order valence-corrected chi connectivity index (χ3v) is 12.3. The van der Waals surface area contributed by atoms with E-state index in [2.05, 4.69) is 206 Å². The number of hydrogen-bond donors (Lipinski definition) is 0. The van der Waals surface area contributed by atoms with Gasteiger partial charge >= 0.3 is 0 Å². The van der Waals surface area contributed by atoms with E-state index in [1.165, 1.54) is 11.1 Å². The van der Waals surface area contributed by atoms with Crippen LogP contribution in [-0.4, -0.2) is 15.0 Å². The summed E-state index contributed by atoms with van der Waals surface area (Å²) in [5, 5.41) is 3.23. The van der Waals surface area contributed by atoms with E-state index in [0.29, 0.717) is 5.82 Å². The number of benzene rings is 9. The SMILES string of the molecule is c1ccc(-c2ccc(-c3cc(-c4ccc(-c5ccccc5)cc4)nc(-c4ccc(-c5cccc(-c6nc7c(-c8ccccc8)cccc7c7c6oc6ccccc67)c5)cc4)n3)cc2)cc1. The lowest BCUT2D eigenvalue weighted by Gasteiger charge is -2.12. The van der Waals surface area contributed by atoms with Crippen LogP contribution in [0.3, 0.4) is 0 Å². The van der Waals surface area contributed by atoms with Gasteiger partial charge < -0.3 is 4.42 Å². The van der Waals surface area contributed by atoms with Crippen molar-refractivity contribution in [2.24, 2.45) is 0 Å². The Hall–Kier alpha value is -8.73. The van der Waals surface area contributed by atoms with Gasteiger partial charge in [0, 0.05) is 44.0 Å². The monoisotopic (exact) mass is 829 g/mol. The summed E-state index contributed by atoms with van der Waals surface area (Å²) < 4.78 is 6.66. The molecule has 12 aromatic rings. The number of furan rings is 1. The lowest BCUT2D eigenvalue weighted by molar-refractivity contribution is 0.669. The van der Waals surface area contributed by atoms with Gasteiger partial charge in [0.2, 0.25) is 0 Å². The minimum Gasteiger partial charge on any atom is -0.454 e. The van der Waals surface area contributed by atoms with Crippen molar-refractivity contribution in [3.8, 4) is 89.7 Å². The van der Waals surface area contributed by atoms with Crippen LogP contribution in [0.4, 0.5) is 0 Å². The van der Waals surface area contributed by atoms with Gasteiger partial charge in [-0.3, -0.25) is 0 Å². The van der Waals surface area contributed by atoms with E-state index in [9.17, 15) is 0 Å². The van der Waals surface area contributed by atoms with E-state index in [4.69, 9.17) is 19.4 Å². The van der Waals surface area contributed by atoms with Crippen LogP contribution in [0, 0.1) is 0 Å². The highest BCUT2D eigenvalue weighted by Crippen LogP contribution is 2.42. The maximum absolute atomic E-state index is 6.66. The smallest absolute Gasteiger partial charge is 0.162 e. The predicted molar refractivity (Wildman–Crippen MR) is 268 cm³/mol. The van der Waals surface area contributed by atoms with Crippen molar-refractivity contribution >= 4 is 32.8 Å². The number of aromatic nitrogens is 3. The number of fused-ring (bicyclic) bond motifs is 5. The Bertz CT molecular complexity index is 3560. The van der Waals surface area contributed by atoms with Gasteiger partial charge in [0.05, 0.1) is 16.9 Å². The van der Waals surface area contributed by atoms with Crippen molar-refractivity contribution < 1.29 is 4.42 Å². The fraction of sp³-hybridized carbons (Fsp3) is 0. The topological polar surface area (TPSA) is 51.8 Å². The molecule has 0 bridgehead atoms. The summed E-state index contributed by atoms with van der Waals surface area (Å²) in [7, 11) is 0. The van der Waals surface area contributed by atoms with E-state index in [1.54, 1.807) is 0 Å². The van der Waals surface area contributed by atoms with Gasteiger partial charge in [-0.2, -0.15) is 0 Å². The van der Waals surface area contributed by atoms with Crippen molar-refractivity contribution in [1.29, 1.82) is 0 Å². The van der Waals surface area contributed by atoms with Gasteiger partial charge in [0.1, 0.15) is 11.3 Å². The molecule has 3 heterocycles. The largest absolute Gasteiger partial charge is 0.454 e. The van der Waals surface area contributed by atoms with Crippen LogP contribution in [0.5, 0.6) is 0 Å². The van der Waals surface area contributed by atoms with Gasteiger partial charge in [-0.05, 0) is 57.1 Å². The number of pyridine rings is 1. The van der Waals surface area contributed by atoms with Gasteiger partial charge in [0.25, 0.3) is 0 Å². The second kappa shape index (κ2) is 16.2. The molecule has 0 spiro atoms. The Labute approximate surface area is 376 Å². The maximum Gasteiger partial charge on any atom is 0.162 e. The van der Waals surface area contributed by atoms with Crippen LogP contribution >= 0.6 is 0 Å². The molecule has 9 aromatic carbocycles. The van der Waals surface area contributed by atoms with E-state index in [0.717, 1.165) is 106 Å². The molecule has 0 aliphatic heterocycles. The minimum atomic E-state index is 0.666. The van der Waals surface area contributed by atoms with E-state index in [1.807, 2.05) is 30.3 Å². The van der Waals surface area contributed by atoms with Crippen LogP contribution in [0.15, 0.2) is 241 Å². The van der Waals surface area contributed by atoms with Crippen molar-refractivity contribution in [3.63, 3.8) is 0 Å². The van der Waals surface area contributed by atoms with Crippen LogP contribution < -0.4 is 0 Å². The Morgan fingerprint density at radius 2 is 0.738 bits per heavy atom. The van der Waals surface area contributed by atoms with Crippen LogP contribution in [0.25, 0.3) is 123 Å².